The minimum absolute atomic E-state index is 0.0214. The monoisotopic (exact) mass is 503 g/mol. The Bertz CT molecular complexity index is 1230. The lowest BCUT2D eigenvalue weighted by atomic mass is 9.66. The van der Waals surface area contributed by atoms with Crippen LogP contribution in [0.25, 0.3) is 0 Å². The van der Waals surface area contributed by atoms with Crippen LogP contribution in [0, 0.1) is 5.92 Å². The third kappa shape index (κ3) is 5.34. The van der Waals surface area contributed by atoms with Crippen LogP contribution in [0.5, 0.6) is 11.5 Å². The molecule has 0 spiro atoms. The van der Waals surface area contributed by atoms with E-state index in [9.17, 15) is 9.59 Å². The zero-order chi connectivity index (χ0) is 26.7. The number of ether oxygens (including phenoxy) is 3. The smallest absolute Gasteiger partial charge is 0.336 e. The van der Waals surface area contributed by atoms with Gasteiger partial charge in [0.15, 0.2) is 11.5 Å². The number of benzene rings is 2. The molecule has 1 saturated carbocycles. The van der Waals surface area contributed by atoms with Gasteiger partial charge in [0.25, 0.3) is 0 Å². The molecule has 1 fully saturated rings. The predicted octanol–water partition coefficient (Wildman–Crippen LogP) is 6.18. The molecule has 0 amide bonds. The Hall–Kier alpha value is -3.41. The van der Waals surface area contributed by atoms with Gasteiger partial charge in [0, 0.05) is 23.7 Å². The molecular formula is C31H37NO5. The van der Waals surface area contributed by atoms with Crippen LogP contribution < -0.4 is 9.47 Å². The van der Waals surface area contributed by atoms with Gasteiger partial charge in [-0.2, -0.15) is 0 Å². The zero-order valence-corrected chi connectivity index (χ0v) is 22.7. The Balaban J connectivity index is 1.76. The average Bonchev–Trinajstić information content (AvgIpc) is 2.91. The summed E-state index contributed by atoms with van der Waals surface area (Å²) in [6, 6.07) is 14.1. The van der Waals surface area contributed by atoms with Crippen LogP contribution in [0.15, 0.2) is 58.7 Å². The van der Waals surface area contributed by atoms with Crippen molar-refractivity contribution < 1.29 is 23.8 Å². The van der Waals surface area contributed by atoms with Gasteiger partial charge in [-0.3, -0.25) is 9.79 Å². The highest BCUT2D eigenvalue weighted by Gasteiger charge is 2.46. The first kappa shape index (κ1) is 26.6. The third-order valence-corrected chi connectivity index (χ3v) is 7.68. The number of aliphatic imine (C=N–C) groups is 1. The first-order valence-electron chi connectivity index (χ1n) is 13.1. The number of fused-ring (bicyclic) bond motifs is 1. The van der Waals surface area contributed by atoms with Gasteiger partial charge in [-0.25, -0.2) is 4.79 Å². The summed E-state index contributed by atoms with van der Waals surface area (Å²) < 4.78 is 16.6. The van der Waals surface area contributed by atoms with E-state index in [0.717, 1.165) is 29.7 Å². The van der Waals surface area contributed by atoms with Crippen LogP contribution in [-0.2, 0) is 20.7 Å². The molecule has 0 N–H and O–H groups in total. The minimum Gasteiger partial charge on any atom is -0.493 e. The summed E-state index contributed by atoms with van der Waals surface area (Å²) in [5.74, 6) is 0.0951. The highest BCUT2D eigenvalue weighted by atomic mass is 16.5. The number of rotatable bonds is 8. The Morgan fingerprint density at radius 1 is 0.973 bits per heavy atom. The zero-order valence-electron chi connectivity index (χ0n) is 22.7. The number of hydrogen-bond acceptors (Lipinski definition) is 6. The molecular weight excluding hydrogens is 466 g/mol. The summed E-state index contributed by atoms with van der Waals surface area (Å²) in [6.07, 6.45) is 2.44. The summed E-state index contributed by atoms with van der Waals surface area (Å²) in [5.41, 5.74) is 5.13. The van der Waals surface area contributed by atoms with Crippen molar-refractivity contribution in [2.24, 2.45) is 10.9 Å². The van der Waals surface area contributed by atoms with E-state index in [-0.39, 0.29) is 23.8 Å². The van der Waals surface area contributed by atoms with Gasteiger partial charge in [0.2, 0.25) is 0 Å². The predicted molar refractivity (Wildman–Crippen MR) is 145 cm³/mol. The van der Waals surface area contributed by atoms with E-state index in [1.165, 1.54) is 5.56 Å². The normalized spacial score (nSPS) is 22.2. The van der Waals surface area contributed by atoms with E-state index in [4.69, 9.17) is 19.2 Å². The second kappa shape index (κ2) is 11.3. The molecule has 2 aromatic carbocycles. The largest absolute Gasteiger partial charge is 0.493 e. The summed E-state index contributed by atoms with van der Waals surface area (Å²) in [4.78, 5) is 32.1. The summed E-state index contributed by atoms with van der Waals surface area (Å²) in [5, 5.41) is 0. The van der Waals surface area contributed by atoms with E-state index in [1.54, 1.807) is 14.2 Å². The van der Waals surface area contributed by atoms with Crippen molar-refractivity contribution in [3.05, 3.63) is 70.4 Å². The molecule has 2 aromatic rings. The molecule has 0 bridgehead atoms. The number of carbonyl (C=O) groups is 2. The second-order valence-corrected chi connectivity index (χ2v) is 9.96. The Kier molecular flexibility index (Phi) is 8.16. The fourth-order valence-electron chi connectivity index (χ4n) is 5.43. The Morgan fingerprint density at radius 2 is 1.65 bits per heavy atom. The number of esters is 1. The first-order chi connectivity index (χ1) is 17.8. The maximum atomic E-state index is 13.8. The fraction of sp³-hybridized carbons (Fsp3) is 0.452. The molecule has 0 radical (unpaired) electrons. The fourth-order valence-corrected chi connectivity index (χ4v) is 5.43. The van der Waals surface area contributed by atoms with E-state index in [1.807, 2.05) is 51.1 Å². The van der Waals surface area contributed by atoms with Crippen LogP contribution in [0.2, 0.25) is 0 Å². The third-order valence-electron chi connectivity index (χ3n) is 7.68. The highest BCUT2D eigenvalue weighted by Crippen LogP contribution is 2.46. The number of methoxy groups -OCH3 is 2. The lowest BCUT2D eigenvalue weighted by molar-refractivity contribution is -0.144. The molecule has 6 heteroatoms. The number of hydrogen-bond donors (Lipinski definition) is 0. The summed E-state index contributed by atoms with van der Waals surface area (Å²) in [7, 11) is 3.21. The molecule has 2 aliphatic rings. The number of carbonyl (C=O) groups excluding carboxylic acids is 2. The SMILES string of the molecule is CCc1ccc([C@H]2C(C(=O)O[C@@H](C)CC)=C(C)N=C3C[C@@H](c4ccc(OC)c(OC)c4)CC(=O)C32)cc1. The molecule has 4 rings (SSSR count). The quantitative estimate of drug-likeness (QED) is 0.402. The number of allylic oxidation sites excluding steroid dienone is 1. The standard InChI is InChI=1S/C31H37NO5/c1-7-18(3)37-31(34)28-19(4)32-24-15-23(22-13-14-26(35-5)27(17-22)36-6)16-25(33)30(24)29(28)21-11-9-20(8-2)10-12-21/h9-14,17-18,23,29-30H,7-8,15-16H2,1-6H3/t18-,23+,29-,30?/m0/s1. The van der Waals surface area contributed by atoms with E-state index < -0.39 is 11.8 Å². The molecule has 1 unspecified atom stereocenters. The maximum absolute atomic E-state index is 13.8. The molecule has 1 heterocycles. The van der Waals surface area contributed by atoms with Gasteiger partial charge in [0.1, 0.15) is 5.78 Å². The van der Waals surface area contributed by atoms with Crippen LogP contribution in [0.4, 0.5) is 0 Å². The van der Waals surface area contributed by atoms with Gasteiger partial charge in [0.05, 0.1) is 31.8 Å². The second-order valence-electron chi connectivity index (χ2n) is 9.96. The summed E-state index contributed by atoms with van der Waals surface area (Å²) in [6.45, 7) is 7.83. The van der Waals surface area contributed by atoms with Gasteiger partial charge in [-0.05, 0) is 67.9 Å². The lowest BCUT2D eigenvalue weighted by Gasteiger charge is -2.38. The average molecular weight is 504 g/mol. The van der Waals surface area contributed by atoms with Crippen LogP contribution in [0.3, 0.4) is 0 Å². The molecule has 1 aliphatic heterocycles. The molecule has 6 nitrogen and oxygen atoms in total. The van der Waals surface area contributed by atoms with Crippen molar-refractivity contribution in [1.29, 1.82) is 0 Å². The molecule has 37 heavy (non-hydrogen) atoms. The van der Waals surface area contributed by atoms with Gasteiger partial charge >= 0.3 is 5.97 Å². The Labute approximate surface area is 219 Å². The number of ketones is 1. The van der Waals surface area contributed by atoms with E-state index >= 15 is 0 Å². The number of Topliss-reactive ketones (excluding diaryl/α,β-unsaturated/α-hetero) is 1. The molecule has 196 valence electrons. The maximum Gasteiger partial charge on any atom is 0.336 e. The van der Waals surface area contributed by atoms with Crippen molar-refractivity contribution in [3.8, 4) is 11.5 Å². The lowest BCUT2D eigenvalue weighted by Crippen LogP contribution is -2.41. The Morgan fingerprint density at radius 3 is 2.27 bits per heavy atom. The molecule has 0 saturated heterocycles. The highest BCUT2D eigenvalue weighted by molar-refractivity contribution is 6.12. The van der Waals surface area contributed by atoms with E-state index in [2.05, 4.69) is 19.1 Å². The van der Waals surface area contributed by atoms with Crippen molar-refractivity contribution in [3.63, 3.8) is 0 Å². The van der Waals surface area contributed by atoms with Crippen LogP contribution in [-0.4, -0.2) is 37.8 Å². The number of aryl methyl sites for hydroxylation is 1. The van der Waals surface area contributed by atoms with Crippen molar-refractivity contribution in [2.75, 3.05) is 14.2 Å². The first-order valence-corrected chi connectivity index (χ1v) is 13.1. The van der Waals surface area contributed by atoms with Crippen molar-refractivity contribution in [1.82, 2.24) is 0 Å². The van der Waals surface area contributed by atoms with Gasteiger partial charge in [-0.15, -0.1) is 0 Å². The van der Waals surface area contributed by atoms with E-state index in [0.29, 0.717) is 35.6 Å². The van der Waals surface area contributed by atoms with Crippen molar-refractivity contribution >= 4 is 17.5 Å². The van der Waals surface area contributed by atoms with Crippen LogP contribution >= 0.6 is 0 Å². The van der Waals surface area contributed by atoms with Gasteiger partial charge in [-0.1, -0.05) is 44.2 Å². The molecule has 1 aliphatic carbocycles. The molecule has 0 aromatic heterocycles. The van der Waals surface area contributed by atoms with Crippen LogP contribution in [0.1, 0.15) is 75.5 Å². The molecule has 4 atom stereocenters. The summed E-state index contributed by atoms with van der Waals surface area (Å²) >= 11 is 0. The number of nitrogens with zero attached hydrogens (tertiary/aromatic N) is 1. The van der Waals surface area contributed by atoms with Crippen molar-refractivity contribution in [2.45, 2.75) is 71.3 Å². The topological polar surface area (TPSA) is 74.2 Å². The van der Waals surface area contributed by atoms with Gasteiger partial charge < -0.3 is 14.2 Å². The minimum atomic E-state index is -0.480.